The van der Waals surface area contributed by atoms with Gasteiger partial charge in [-0.05, 0) is 51.9 Å². The Labute approximate surface area is 129 Å². The number of nitrogens with two attached hydrogens (primary N) is 1. The second-order valence-corrected chi connectivity index (χ2v) is 8.40. The van der Waals surface area contributed by atoms with E-state index >= 15 is 0 Å². The van der Waals surface area contributed by atoms with Crippen LogP contribution < -0.4 is 10.5 Å². The maximum Gasteiger partial charge on any atom is 0.241 e. The smallest absolute Gasteiger partial charge is 0.241 e. The van der Waals surface area contributed by atoms with Gasteiger partial charge in [-0.25, -0.2) is 13.1 Å². The average Bonchev–Trinajstić information content (AvgIpc) is 2.84. The highest BCUT2D eigenvalue weighted by Gasteiger charge is 2.30. The van der Waals surface area contributed by atoms with Crippen LogP contribution in [0.3, 0.4) is 0 Å². The van der Waals surface area contributed by atoms with Gasteiger partial charge in [-0.2, -0.15) is 0 Å². The number of benzene rings is 1. The topological polar surface area (TPSA) is 72.2 Å². The van der Waals surface area contributed by atoms with Gasteiger partial charge < -0.3 is 5.73 Å². The molecule has 0 heterocycles. The van der Waals surface area contributed by atoms with E-state index in [0.29, 0.717) is 17.6 Å². The summed E-state index contributed by atoms with van der Waals surface area (Å²) in [6, 6.07) is 5.11. The summed E-state index contributed by atoms with van der Waals surface area (Å²) < 4.78 is 28.1. The lowest BCUT2D eigenvalue weighted by Crippen LogP contribution is -2.34. The van der Waals surface area contributed by atoms with Crippen LogP contribution in [-0.4, -0.2) is 15.0 Å². The Kier molecular flexibility index (Phi) is 4.89. The minimum atomic E-state index is -3.48. The maximum absolute atomic E-state index is 12.4. The summed E-state index contributed by atoms with van der Waals surface area (Å²) in [4.78, 5) is 0.274. The van der Waals surface area contributed by atoms with Gasteiger partial charge in [-0.1, -0.05) is 25.8 Å². The van der Waals surface area contributed by atoms with Crippen LogP contribution in [-0.2, 0) is 16.6 Å². The van der Waals surface area contributed by atoms with Crippen LogP contribution in [0.2, 0.25) is 0 Å². The van der Waals surface area contributed by atoms with Gasteiger partial charge in [0.2, 0.25) is 10.0 Å². The molecule has 20 heavy (non-hydrogen) atoms. The SMILES string of the molecule is CC1(CNS(=O)(=O)c2ccc(CN)cc2Br)CCCC1. The first-order valence-corrected chi connectivity index (χ1v) is 9.12. The number of sulfonamides is 1. The molecule has 3 N–H and O–H groups in total. The van der Waals surface area contributed by atoms with Gasteiger partial charge in [-0.15, -0.1) is 0 Å². The molecule has 0 spiro atoms. The van der Waals surface area contributed by atoms with Crippen LogP contribution in [0.1, 0.15) is 38.2 Å². The Morgan fingerprint density at radius 2 is 2.00 bits per heavy atom. The third-order valence-electron chi connectivity index (χ3n) is 4.02. The number of rotatable bonds is 5. The molecular weight excluding hydrogens is 340 g/mol. The molecule has 0 amide bonds. The molecule has 1 fully saturated rings. The Hall–Kier alpha value is -0.430. The number of hydrogen-bond donors (Lipinski definition) is 2. The molecule has 0 aliphatic heterocycles. The van der Waals surface area contributed by atoms with Gasteiger partial charge in [0.05, 0.1) is 4.90 Å². The molecule has 0 atom stereocenters. The number of halogens is 1. The van der Waals surface area contributed by atoms with Gasteiger partial charge in [0, 0.05) is 17.6 Å². The zero-order chi connectivity index (χ0) is 14.8. The summed E-state index contributed by atoms with van der Waals surface area (Å²) in [5.41, 5.74) is 6.55. The van der Waals surface area contributed by atoms with E-state index in [1.165, 1.54) is 12.8 Å². The quantitative estimate of drug-likeness (QED) is 0.847. The molecule has 112 valence electrons. The minimum absolute atomic E-state index is 0.0940. The summed E-state index contributed by atoms with van der Waals surface area (Å²) in [5.74, 6) is 0. The second-order valence-electron chi connectivity index (χ2n) is 5.81. The van der Waals surface area contributed by atoms with Gasteiger partial charge in [0.1, 0.15) is 0 Å². The zero-order valence-corrected chi connectivity index (χ0v) is 14.1. The normalized spacial score (nSPS) is 18.4. The van der Waals surface area contributed by atoms with Crippen molar-refractivity contribution in [1.82, 2.24) is 4.72 Å². The van der Waals surface area contributed by atoms with Crippen LogP contribution in [0.15, 0.2) is 27.6 Å². The predicted molar refractivity (Wildman–Crippen MR) is 83.8 cm³/mol. The van der Waals surface area contributed by atoms with Crippen molar-refractivity contribution in [1.29, 1.82) is 0 Å². The summed E-state index contributed by atoms with van der Waals surface area (Å²) >= 11 is 3.32. The molecule has 0 unspecified atom stereocenters. The average molecular weight is 361 g/mol. The maximum atomic E-state index is 12.4. The van der Waals surface area contributed by atoms with Crippen molar-refractivity contribution < 1.29 is 8.42 Å². The summed E-state index contributed by atoms with van der Waals surface area (Å²) in [5, 5.41) is 0. The van der Waals surface area contributed by atoms with E-state index in [1.54, 1.807) is 18.2 Å². The molecule has 4 nitrogen and oxygen atoms in total. The predicted octanol–water partition coefficient (Wildman–Crippen LogP) is 2.77. The van der Waals surface area contributed by atoms with E-state index in [-0.39, 0.29) is 10.3 Å². The largest absolute Gasteiger partial charge is 0.326 e. The lowest BCUT2D eigenvalue weighted by molar-refractivity contribution is 0.336. The van der Waals surface area contributed by atoms with E-state index in [2.05, 4.69) is 27.6 Å². The molecule has 1 aromatic carbocycles. The van der Waals surface area contributed by atoms with E-state index < -0.39 is 10.0 Å². The standard InChI is InChI=1S/C14H21BrN2O2S/c1-14(6-2-3-7-14)10-17-20(18,19)13-5-4-11(9-16)8-12(13)15/h4-5,8,17H,2-3,6-7,9-10,16H2,1H3. The van der Waals surface area contributed by atoms with Crippen molar-refractivity contribution in [3.05, 3.63) is 28.2 Å². The first kappa shape index (κ1) is 15.9. The van der Waals surface area contributed by atoms with Crippen LogP contribution in [0.4, 0.5) is 0 Å². The van der Waals surface area contributed by atoms with Crippen molar-refractivity contribution in [2.45, 2.75) is 44.0 Å². The second kappa shape index (κ2) is 6.13. The monoisotopic (exact) mass is 360 g/mol. The molecule has 0 saturated heterocycles. The molecule has 2 rings (SSSR count). The number of nitrogens with one attached hydrogen (secondary N) is 1. The van der Waals surface area contributed by atoms with E-state index in [0.717, 1.165) is 18.4 Å². The Morgan fingerprint density at radius 1 is 1.35 bits per heavy atom. The first-order valence-electron chi connectivity index (χ1n) is 6.84. The van der Waals surface area contributed by atoms with Gasteiger partial charge >= 0.3 is 0 Å². The lowest BCUT2D eigenvalue weighted by Gasteiger charge is -2.23. The molecule has 6 heteroatoms. The fourth-order valence-electron chi connectivity index (χ4n) is 2.64. The third-order valence-corrected chi connectivity index (χ3v) is 6.40. The molecular formula is C14H21BrN2O2S. The highest BCUT2D eigenvalue weighted by atomic mass is 79.9. The van der Waals surface area contributed by atoms with Crippen molar-refractivity contribution in [2.75, 3.05) is 6.54 Å². The molecule has 0 radical (unpaired) electrons. The van der Waals surface area contributed by atoms with Crippen molar-refractivity contribution in [3.8, 4) is 0 Å². The van der Waals surface area contributed by atoms with Gasteiger partial charge in [-0.3, -0.25) is 0 Å². The summed E-state index contributed by atoms with van der Waals surface area (Å²) in [6.07, 6.45) is 4.55. The third kappa shape index (κ3) is 3.61. The fraction of sp³-hybridized carbons (Fsp3) is 0.571. The first-order chi connectivity index (χ1) is 9.36. The van der Waals surface area contributed by atoms with Crippen LogP contribution in [0, 0.1) is 5.41 Å². The fourth-order valence-corrected chi connectivity index (χ4v) is 4.96. The van der Waals surface area contributed by atoms with E-state index in [4.69, 9.17) is 5.73 Å². The minimum Gasteiger partial charge on any atom is -0.326 e. The summed E-state index contributed by atoms with van der Waals surface area (Å²) in [7, 11) is -3.48. The van der Waals surface area contributed by atoms with Crippen molar-refractivity contribution in [3.63, 3.8) is 0 Å². The zero-order valence-electron chi connectivity index (χ0n) is 11.7. The lowest BCUT2D eigenvalue weighted by atomic mass is 9.89. The molecule has 0 aromatic heterocycles. The van der Waals surface area contributed by atoms with Gasteiger partial charge in [0.15, 0.2) is 0 Å². The Bertz CT molecular complexity index is 581. The highest BCUT2D eigenvalue weighted by Crippen LogP contribution is 2.37. The molecule has 1 aliphatic carbocycles. The Balaban J connectivity index is 2.14. The van der Waals surface area contributed by atoms with E-state index in [1.807, 2.05) is 0 Å². The van der Waals surface area contributed by atoms with Crippen molar-refractivity contribution >= 4 is 26.0 Å². The van der Waals surface area contributed by atoms with E-state index in [9.17, 15) is 8.42 Å². The van der Waals surface area contributed by atoms with Gasteiger partial charge in [0.25, 0.3) is 0 Å². The van der Waals surface area contributed by atoms with Crippen LogP contribution in [0.5, 0.6) is 0 Å². The summed E-state index contributed by atoms with van der Waals surface area (Å²) in [6.45, 7) is 3.04. The molecule has 1 aromatic rings. The molecule has 1 saturated carbocycles. The Morgan fingerprint density at radius 3 is 2.55 bits per heavy atom. The number of hydrogen-bond acceptors (Lipinski definition) is 3. The molecule has 1 aliphatic rings. The highest BCUT2D eigenvalue weighted by molar-refractivity contribution is 9.10. The molecule has 0 bridgehead atoms. The van der Waals surface area contributed by atoms with Crippen LogP contribution in [0.25, 0.3) is 0 Å². The van der Waals surface area contributed by atoms with Crippen molar-refractivity contribution in [2.24, 2.45) is 11.1 Å². The van der Waals surface area contributed by atoms with Crippen LogP contribution >= 0.6 is 15.9 Å².